The Kier molecular flexibility index (Phi) is 6.53. The maximum atomic E-state index is 10.2. The van der Waals surface area contributed by atoms with E-state index in [9.17, 15) is 5.11 Å². The number of nitrogens with zero attached hydrogens (tertiary/aromatic N) is 3. The van der Waals surface area contributed by atoms with Crippen molar-refractivity contribution in [3.8, 4) is 0 Å². The number of aromatic nitrogens is 2. The largest absolute Gasteiger partial charge is 0.391 e. The molecule has 0 amide bonds. The molecule has 3 N–H and O–H groups in total. The SMILES string of the molecule is CCN1CCc2ccc(Nc3ncc(Cl)c(NC4CCCC[C@@H]4O)n3)cc2CC1. The molecule has 156 valence electrons. The normalized spacial score (nSPS) is 22.6. The predicted molar refractivity (Wildman–Crippen MR) is 118 cm³/mol. The second kappa shape index (κ2) is 9.28. The van der Waals surface area contributed by atoms with E-state index in [0.29, 0.717) is 16.8 Å². The molecular weight excluding hydrogens is 386 g/mol. The van der Waals surface area contributed by atoms with Crippen molar-refractivity contribution in [2.45, 2.75) is 57.6 Å². The Morgan fingerprint density at radius 3 is 2.76 bits per heavy atom. The van der Waals surface area contributed by atoms with Crippen LogP contribution in [0.2, 0.25) is 5.02 Å². The van der Waals surface area contributed by atoms with E-state index in [0.717, 1.165) is 63.8 Å². The summed E-state index contributed by atoms with van der Waals surface area (Å²) in [7, 11) is 0. The van der Waals surface area contributed by atoms with Crippen LogP contribution in [0.25, 0.3) is 0 Å². The fraction of sp³-hybridized carbons (Fsp3) is 0.545. The van der Waals surface area contributed by atoms with Crippen molar-refractivity contribution >= 4 is 29.1 Å². The molecule has 2 aromatic rings. The van der Waals surface area contributed by atoms with E-state index in [1.54, 1.807) is 6.20 Å². The van der Waals surface area contributed by atoms with Crippen LogP contribution in [0.1, 0.15) is 43.7 Å². The van der Waals surface area contributed by atoms with Gasteiger partial charge in [0.25, 0.3) is 0 Å². The lowest BCUT2D eigenvalue weighted by Gasteiger charge is -2.29. The van der Waals surface area contributed by atoms with Crippen molar-refractivity contribution in [3.63, 3.8) is 0 Å². The maximum Gasteiger partial charge on any atom is 0.229 e. The summed E-state index contributed by atoms with van der Waals surface area (Å²) in [6.45, 7) is 5.54. The highest BCUT2D eigenvalue weighted by Crippen LogP contribution is 2.27. The zero-order valence-corrected chi connectivity index (χ0v) is 17.8. The molecule has 1 fully saturated rings. The van der Waals surface area contributed by atoms with Crippen molar-refractivity contribution in [2.24, 2.45) is 0 Å². The van der Waals surface area contributed by atoms with Crippen LogP contribution < -0.4 is 10.6 Å². The van der Waals surface area contributed by atoms with Crippen molar-refractivity contribution in [1.82, 2.24) is 14.9 Å². The van der Waals surface area contributed by atoms with E-state index >= 15 is 0 Å². The molecule has 0 bridgehead atoms. The summed E-state index contributed by atoms with van der Waals surface area (Å²) in [6, 6.07) is 6.50. The van der Waals surface area contributed by atoms with Gasteiger partial charge in [0.05, 0.1) is 18.3 Å². The second-order valence-corrected chi connectivity index (χ2v) is 8.44. The van der Waals surface area contributed by atoms with Gasteiger partial charge in [0.1, 0.15) is 5.02 Å². The number of fused-ring (bicyclic) bond motifs is 1. The van der Waals surface area contributed by atoms with E-state index in [-0.39, 0.29) is 12.1 Å². The van der Waals surface area contributed by atoms with Crippen LogP contribution in [0, 0.1) is 0 Å². The van der Waals surface area contributed by atoms with E-state index in [1.807, 2.05) is 0 Å². The van der Waals surface area contributed by atoms with Crippen LogP contribution in [0.5, 0.6) is 0 Å². The number of hydrogen-bond donors (Lipinski definition) is 3. The summed E-state index contributed by atoms with van der Waals surface area (Å²) < 4.78 is 0. The first-order valence-corrected chi connectivity index (χ1v) is 11.1. The molecule has 0 saturated heterocycles. The second-order valence-electron chi connectivity index (χ2n) is 8.04. The standard InChI is InChI=1S/C22H30ClN5O/c1-2-28-11-9-15-7-8-17(13-16(15)10-12-28)25-22-24-14-18(23)21(27-22)26-19-5-3-4-6-20(19)29/h7-8,13-14,19-20,29H,2-6,9-12H2,1H3,(H2,24,25,26,27)/t19?,20-/m0/s1. The van der Waals surface area contributed by atoms with Gasteiger partial charge < -0.3 is 20.6 Å². The molecule has 2 heterocycles. The van der Waals surface area contributed by atoms with Gasteiger partial charge in [0, 0.05) is 18.8 Å². The van der Waals surface area contributed by atoms with E-state index < -0.39 is 0 Å². The number of rotatable bonds is 5. The molecule has 1 aromatic carbocycles. The monoisotopic (exact) mass is 415 g/mol. The molecule has 1 unspecified atom stereocenters. The topological polar surface area (TPSA) is 73.3 Å². The first kappa shape index (κ1) is 20.4. The molecule has 29 heavy (non-hydrogen) atoms. The molecule has 1 saturated carbocycles. The molecule has 0 radical (unpaired) electrons. The molecule has 0 spiro atoms. The molecule has 2 atom stereocenters. The number of benzene rings is 1. The predicted octanol–water partition coefficient (Wildman–Crippen LogP) is 4.01. The van der Waals surface area contributed by atoms with Gasteiger partial charge >= 0.3 is 0 Å². The zero-order chi connectivity index (χ0) is 20.2. The first-order valence-electron chi connectivity index (χ1n) is 10.7. The van der Waals surface area contributed by atoms with Crippen LogP contribution in [0.3, 0.4) is 0 Å². The Bertz CT molecular complexity index is 846. The summed E-state index contributed by atoms with van der Waals surface area (Å²) >= 11 is 6.30. The van der Waals surface area contributed by atoms with Crippen molar-refractivity contribution in [2.75, 3.05) is 30.3 Å². The number of halogens is 1. The minimum Gasteiger partial charge on any atom is -0.391 e. The molecule has 6 nitrogen and oxygen atoms in total. The van der Waals surface area contributed by atoms with Crippen LogP contribution in [-0.4, -0.2) is 51.8 Å². The quantitative estimate of drug-likeness (QED) is 0.685. The van der Waals surface area contributed by atoms with Gasteiger partial charge in [-0.2, -0.15) is 4.98 Å². The molecule has 1 aromatic heterocycles. The average molecular weight is 416 g/mol. The van der Waals surface area contributed by atoms with Crippen molar-refractivity contribution < 1.29 is 5.11 Å². The van der Waals surface area contributed by atoms with Gasteiger partial charge in [0.15, 0.2) is 5.82 Å². The van der Waals surface area contributed by atoms with Gasteiger partial charge in [-0.15, -0.1) is 0 Å². The highest BCUT2D eigenvalue weighted by atomic mass is 35.5. The van der Waals surface area contributed by atoms with Gasteiger partial charge in [0.2, 0.25) is 5.95 Å². The molecule has 7 heteroatoms. The lowest BCUT2D eigenvalue weighted by Crippen LogP contribution is -2.36. The molecule has 4 rings (SSSR count). The van der Waals surface area contributed by atoms with Gasteiger partial charge in [-0.05, 0) is 55.5 Å². The summed E-state index contributed by atoms with van der Waals surface area (Å²) in [5.41, 5.74) is 3.81. The Labute approximate surface area is 177 Å². The van der Waals surface area contributed by atoms with E-state index in [2.05, 4.69) is 50.6 Å². The molecule has 2 aliphatic rings. The Balaban J connectivity index is 1.48. The van der Waals surface area contributed by atoms with Crippen LogP contribution in [0.4, 0.5) is 17.5 Å². The molecule has 1 aliphatic carbocycles. The number of aliphatic hydroxyl groups is 1. The zero-order valence-electron chi connectivity index (χ0n) is 17.0. The van der Waals surface area contributed by atoms with Gasteiger partial charge in [-0.3, -0.25) is 0 Å². The average Bonchev–Trinajstić information content (AvgIpc) is 2.94. The summed E-state index contributed by atoms with van der Waals surface area (Å²) in [6.07, 6.45) is 7.31. The van der Waals surface area contributed by atoms with Gasteiger partial charge in [-0.1, -0.05) is 37.4 Å². The number of nitrogens with one attached hydrogen (secondary N) is 2. The van der Waals surface area contributed by atoms with E-state index in [4.69, 9.17) is 11.6 Å². The molecular formula is C22H30ClN5O. The fourth-order valence-corrected chi connectivity index (χ4v) is 4.42. The third-order valence-electron chi connectivity index (χ3n) is 6.10. The lowest BCUT2D eigenvalue weighted by atomic mass is 9.93. The smallest absolute Gasteiger partial charge is 0.229 e. The Hall–Kier alpha value is -1.89. The Morgan fingerprint density at radius 1 is 1.17 bits per heavy atom. The fourth-order valence-electron chi connectivity index (χ4n) is 4.28. The third kappa shape index (κ3) is 5.00. The first-order chi connectivity index (χ1) is 14.1. The number of hydrogen-bond acceptors (Lipinski definition) is 6. The molecule has 1 aliphatic heterocycles. The van der Waals surface area contributed by atoms with Crippen LogP contribution >= 0.6 is 11.6 Å². The van der Waals surface area contributed by atoms with E-state index in [1.165, 1.54) is 11.1 Å². The highest BCUT2D eigenvalue weighted by molar-refractivity contribution is 6.32. The van der Waals surface area contributed by atoms with Crippen molar-refractivity contribution in [1.29, 1.82) is 0 Å². The summed E-state index contributed by atoms with van der Waals surface area (Å²) in [4.78, 5) is 11.4. The van der Waals surface area contributed by atoms with Crippen molar-refractivity contribution in [3.05, 3.63) is 40.5 Å². The number of likely N-dealkylation sites (N-methyl/N-ethyl adjacent to an activating group) is 1. The minimum absolute atomic E-state index is 0.0157. The number of anilines is 3. The third-order valence-corrected chi connectivity index (χ3v) is 6.38. The summed E-state index contributed by atoms with van der Waals surface area (Å²) in [5.74, 6) is 1.08. The summed E-state index contributed by atoms with van der Waals surface area (Å²) in [5, 5.41) is 17.3. The van der Waals surface area contributed by atoms with Crippen LogP contribution in [0.15, 0.2) is 24.4 Å². The number of aliphatic hydroxyl groups excluding tert-OH is 1. The lowest BCUT2D eigenvalue weighted by molar-refractivity contribution is 0.116. The Morgan fingerprint density at radius 2 is 1.97 bits per heavy atom. The minimum atomic E-state index is -0.363. The highest BCUT2D eigenvalue weighted by Gasteiger charge is 2.24. The van der Waals surface area contributed by atoms with Gasteiger partial charge in [-0.25, -0.2) is 4.98 Å². The van der Waals surface area contributed by atoms with Crippen LogP contribution in [-0.2, 0) is 12.8 Å². The maximum absolute atomic E-state index is 10.2.